The van der Waals surface area contributed by atoms with Crippen LogP contribution in [0.2, 0.25) is 0 Å². The molecule has 1 aliphatic carbocycles. The van der Waals surface area contributed by atoms with Crippen LogP contribution in [0, 0.1) is 5.92 Å². The topological polar surface area (TPSA) is 99.2 Å². The third-order valence-electron chi connectivity index (χ3n) is 7.04. The van der Waals surface area contributed by atoms with Crippen molar-refractivity contribution in [1.82, 2.24) is 15.1 Å². The van der Waals surface area contributed by atoms with Crippen LogP contribution >= 0.6 is 0 Å². The molecule has 2 heterocycles. The summed E-state index contributed by atoms with van der Waals surface area (Å²) < 4.78 is 5.42. The number of amides is 2. The fourth-order valence-corrected chi connectivity index (χ4v) is 5.47. The second kappa shape index (κ2) is 10.9. The molecule has 3 fully saturated rings. The number of carbonyl (C=O) groups is 3. The maximum Gasteiger partial charge on any atom is 0.408 e. The summed E-state index contributed by atoms with van der Waals surface area (Å²) in [7, 11) is 0. The summed E-state index contributed by atoms with van der Waals surface area (Å²) in [5.74, 6) is -0.892. The van der Waals surface area contributed by atoms with Crippen LogP contribution in [0.25, 0.3) is 0 Å². The number of piperidine rings is 1. The Hall–Kier alpha value is -1.83. The van der Waals surface area contributed by atoms with Gasteiger partial charge in [-0.15, -0.1) is 0 Å². The van der Waals surface area contributed by atoms with Gasteiger partial charge in [0.1, 0.15) is 17.7 Å². The lowest BCUT2D eigenvalue weighted by Gasteiger charge is -2.33. The van der Waals surface area contributed by atoms with Gasteiger partial charge in [0.2, 0.25) is 5.91 Å². The molecule has 1 saturated carbocycles. The third kappa shape index (κ3) is 6.83. The van der Waals surface area contributed by atoms with Gasteiger partial charge in [0, 0.05) is 12.6 Å². The van der Waals surface area contributed by atoms with Crippen molar-refractivity contribution in [2.75, 3.05) is 19.6 Å². The highest BCUT2D eigenvalue weighted by Crippen LogP contribution is 2.30. The molecule has 32 heavy (non-hydrogen) atoms. The van der Waals surface area contributed by atoms with E-state index in [1.54, 1.807) is 20.8 Å². The normalized spacial score (nSPS) is 26.5. The Balaban J connectivity index is 1.74. The van der Waals surface area contributed by atoms with Crippen molar-refractivity contribution in [3.05, 3.63) is 0 Å². The molecule has 2 amide bonds. The molecule has 3 rings (SSSR count). The largest absolute Gasteiger partial charge is 0.480 e. The molecule has 3 aliphatic rings. The van der Waals surface area contributed by atoms with Crippen molar-refractivity contribution >= 4 is 18.0 Å². The quantitative estimate of drug-likeness (QED) is 0.642. The van der Waals surface area contributed by atoms with Gasteiger partial charge in [0.15, 0.2) is 0 Å². The van der Waals surface area contributed by atoms with E-state index >= 15 is 0 Å². The number of likely N-dealkylation sites (tertiary alicyclic amines) is 2. The minimum Gasteiger partial charge on any atom is -0.480 e. The molecule has 8 nitrogen and oxygen atoms in total. The zero-order valence-corrected chi connectivity index (χ0v) is 20.0. The summed E-state index contributed by atoms with van der Waals surface area (Å²) in [4.78, 5) is 42.1. The Labute approximate surface area is 192 Å². The van der Waals surface area contributed by atoms with E-state index in [0.29, 0.717) is 25.3 Å². The van der Waals surface area contributed by atoms with Gasteiger partial charge in [-0.1, -0.05) is 38.5 Å². The fourth-order valence-electron chi connectivity index (χ4n) is 5.47. The van der Waals surface area contributed by atoms with Crippen LogP contribution in [0.3, 0.4) is 0 Å². The van der Waals surface area contributed by atoms with Gasteiger partial charge < -0.3 is 20.1 Å². The Morgan fingerprint density at radius 3 is 2.25 bits per heavy atom. The molecule has 0 aromatic carbocycles. The molecule has 0 aromatic heterocycles. The highest BCUT2D eigenvalue weighted by Gasteiger charge is 2.44. The van der Waals surface area contributed by atoms with Gasteiger partial charge >= 0.3 is 12.1 Å². The van der Waals surface area contributed by atoms with E-state index in [-0.39, 0.29) is 11.9 Å². The number of nitrogens with zero attached hydrogens (tertiary/aromatic N) is 2. The number of nitrogens with one attached hydrogen (secondary N) is 1. The van der Waals surface area contributed by atoms with Crippen LogP contribution in [0.5, 0.6) is 0 Å². The molecular weight excluding hydrogens is 410 g/mol. The van der Waals surface area contributed by atoms with Crippen molar-refractivity contribution in [2.24, 2.45) is 5.92 Å². The van der Waals surface area contributed by atoms with Crippen molar-refractivity contribution in [3.8, 4) is 0 Å². The molecule has 0 spiro atoms. The van der Waals surface area contributed by atoms with E-state index in [1.807, 2.05) is 0 Å². The number of rotatable bonds is 6. The lowest BCUT2D eigenvalue weighted by molar-refractivity contribution is -0.149. The molecule has 0 radical (unpaired) electrons. The standard InChI is InChI=1S/C24H41N3O5/c1-24(2,3)32-23(31)25-19(14-17-10-6-4-7-11-17)21(28)27-16-18(15-20(27)22(29)30)26-12-8-5-9-13-26/h17-20H,4-16H2,1-3H3,(H,25,31)(H,29,30)/t18-,19-,20+/m1/s1. The third-order valence-corrected chi connectivity index (χ3v) is 7.04. The SMILES string of the molecule is CC(C)(C)OC(=O)N[C@H](CC1CCCCC1)C(=O)N1C[C@H](N2CCCCC2)C[C@H]1C(=O)O. The molecule has 0 aromatic rings. The van der Waals surface area contributed by atoms with E-state index in [4.69, 9.17) is 4.74 Å². The van der Waals surface area contributed by atoms with E-state index in [0.717, 1.165) is 51.6 Å². The predicted molar refractivity (Wildman–Crippen MR) is 121 cm³/mol. The zero-order chi connectivity index (χ0) is 23.3. The van der Waals surface area contributed by atoms with Crippen molar-refractivity contribution in [3.63, 3.8) is 0 Å². The lowest BCUT2D eigenvalue weighted by Crippen LogP contribution is -2.53. The first-order valence-corrected chi connectivity index (χ1v) is 12.4. The number of carboxylic acids is 1. The molecule has 3 atom stereocenters. The van der Waals surface area contributed by atoms with Gasteiger partial charge in [-0.25, -0.2) is 9.59 Å². The first kappa shape index (κ1) is 24.8. The first-order valence-electron chi connectivity index (χ1n) is 12.4. The van der Waals surface area contributed by atoms with Gasteiger partial charge in [-0.3, -0.25) is 9.69 Å². The average Bonchev–Trinajstić information content (AvgIpc) is 3.19. The van der Waals surface area contributed by atoms with Crippen LogP contribution in [0.4, 0.5) is 4.79 Å². The Morgan fingerprint density at radius 2 is 1.66 bits per heavy atom. The molecule has 182 valence electrons. The Morgan fingerprint density at radius 1 is 1.03 bits per heavy atom. The van der Waals surface area contributed by atoms with E-state index in [2.05, 4.69) is 10.2 Å². The van der Waals surface area contributed by atoms with Crippen LogP contribution in [0.1, 0.15) is 85.0 Å². The fraction of sp³-hybridized carbons (Fsp3) is 0.875. The van der Waals surface area contributed by atoms with E-state index in [1.165, 1.54) is 17.7 Å². The first-order chi connectivity index (χ1) is 15.1. The van der Waals surface area contributed by atoms with E-state index < -0.39 is 29.7 Å². The number of hydrogen-bond donors (Lipinski definition) is 2. The molecule has 2 aliphatic heterocycles. The van der Waals surface area contributed by atoms with Gasteiger partial charge in [-0.2, -0.15) is 0 Å². The summed E-state index contributed by atoms with van der Waals surface area (Å²) in [6, 6.07) is -1.53. The van der Waals surface area contributed by atoms with Crippen LogP contribution in [0.15, 0.2) is 0 Å². The zero-order valence-electron chi connectivity index (χ0n) is 20.0. The number of ether oxygens (including phenoxy) is 1. The van der Waals surface area contributed by atoms with Crippen molar-refractivity contribution in [2.45, 2.75) is 109 Å². The molecule has 8 heteroatoms. The summed E-state index contributed by atoms with van der Waals surface area (Å²) in [6.07, 6.45) is 9.37. The minimum atomic E-state index is -0.966. The maximum absolute atomic E-state index is 13.6. The minimum absolute atomic E-state index is 0.0669. The monoisotopic (exact) mass is 451 g/mol. The van der Waals surface area contributed by atoms with Crippen LogP contribution in [-0.2, 0) is 14.3 Å². The highest BCUT2D eigenvalue weighted by atomic mass is 16.6. The highest BCUT2D eigenvalue weighted by molar-refractivity contribution is 5.90. The average molecular weight is 452 g/mol. The van der Waals surface area contributed by atoms with Crippen LogP contribution < -0.4 is 5.32 Å². The maximum atomic E-state index is 13.6. The van der Waals surface area contributed by atoms with Gasteiger partial charge in [0.25, 0.3) is 0 Å². The summed E-state index contributed by atoms with van der Waals surface area (Å²) in [5.41, 5.74) is -0.668. The summed E-state index contributed by atoms with van der Waals surface area (Å²) in [6.45, 7) is 7.69. The lowest BCUT2D eigenvalue weighted by atomic mass is 9.84. The number of hydrogen-bond acceptors (Lipinski definition) is 5. The molecular formula is C24H41N3O5. The van der Waals surface area contributed by atoms with E-state index in [9.17, 15) is 19.5 Å². The molecule has 0 bridgehead atoms. The second-order valence-electron chi connectivity index (χ2n) is 10.8. The van der Waals surface area contributed by atoms with Crippen molar-refractivity contribution < 1.29 is 24.2 Å². The van der Waals surface area contributed by atoms with Gasteiger partial charge in [-0.05, 0) is 65.5 Å². The smallest absolute Gasteiger partial charge is 0.408 e. The van der Waals surface area contributed by atoms with Crippen molar-refractivity contribution in [1.29, 1.82) is 0 Å². The van der Waals surface area contributed by atoms with Crippen LogP contribution in [-0.4, -0.2) is 76.2 Å². The predicted octanol–water partition coefficient (Wildman–Crippen LogP) is 3.39. The summed E-state index contributed by atoms with van der Waals surface area (Å²) in [5, 5.41) is 12.7. The van der Waals surface area contributed by atoms with Gasteiger partial charge in [0.05, 0.1) is 0 Å². The molecule has 2 saturated heterocycles. The molecule has 0 unspecified atom stereocenters. The number of alkyl carbamates (subject to hydrolysis) is 1. The number of carboxylic acid groups (broad SMARTS) is 1. The Kier molecular flexibility index (Phi) is 8.42. The summed E-state index contributed by atoms with van der Waals surface area (Å²) >= 11 is 0. The molecule has 2 N–H and O–H groups in total. The number of aliphatic carboxylic acids is 1. The second-order valence-corrected chi connectivity index (χ2v) is 10.8. The number of carbonyl (C=O) groups excluding carboxylic acids is 2. The Bertz CT molecular complexity index is 665.